The van der Waals surface area contributed by atoms with Crippen molar-refractivity contribution in [2.45, 2.75) is 12.8 Å². The summed E-state index contributed by atoms with van der Waals surface area (Å²) in [7, 11) is 0. The van der Waals surface area contributed by atoms with Crippen molar-refractivity contribution in [1.29, 1.82) is 0 Å². The van der Waals surface area contributed by atoms with Gasteiger partial charge in [0.05, 0.1) is 18.4 Å². The zero-order chi connectivity index (χ0) is 16.6. The molecular weight excluding hydrogens is 296 g/mol. The lowest BCUT2D eigenvalue weighted by Gasteiger charge is -2.23. The van der Waals surface area contributed by atoms with E-state index >= 15 is 0 Å². The number of nitrogens with one attached hydrogen (secondary N) is 2. The third-order valence-electron chi connectivity index (χ3n) is 4.19. The molecule has 1 saturated heterocycles. The highest BCUT2D eigenvalue weighted by molar-refractivity contribution is 6.28. The van der Waals surface area contributed by atoms with Crippen LogP contribution < -0.4 is 10.6 Å². The Bertz CT molecular complexity index is 775. The zero-order valence-electron chi connectivity index (χ0n) is 12.2. The van der Waals surface area contributed by atoms with Crippen LogP contribution in [0.2, 0.25) is 0 Å². The van der Waals surface area contributed by atoms with E-state index in [9.17, 15) is 19.2 Å². The number of rotatable bonds is 3. The van der Waals surface area contributed by atoms with Crippen molar-refractivity contribution in [2.24, 2.45) is 11.8 Å². The minimum atomic E-state index is -1.04. The molecule has 2 amide bonds. The maximum Gasteiger partial charge on any atom is 0.230 e. The number of benzene rings is 1. The van der Waals surface area contributed by atoms with Crippen molar-refractivity contribution in [3.8, 4) is 12.3 Å². The second-order valence-electron chi connectivity index (χ2n) is 5.58. The summed E-state index contributed by atoms with van der Waals surface area (Å²) in [6, 6.07) is 4.83. The molecule has 1 fully saturated rings. The number of fused-ring (bicyclic) bond motifs is 1. The van der Waals surface area contributed by atoms with Crippen molar-refractivity contribution in [3.05, 3.63) is 29.3 Å². The summed E-state index contributed by atoms with van der Waals surface area (Å²) in [5.74, 6) is -1.06. The van der Waals surface area contributed by atoms with E-state index in [1.54, 1.807) is 18.2 Å². The molecule has 0 bridgehead atoms. The third-order valence-corrected chi connectivity index (χ3v) is 4.19. The summed E-state index contributed by atoms with van der Waals surface area (Å²) in [5, 5.41) is 5.14. The van der Waals surface area contributed by atoms with Crippen LogP contribution in [0, 0.1) is 24.2 Å². The lowest BCUT2D eigenvalue weighted by molar-refractivity contribution is -0.137. The monoisotopic (exact) mass is 310 g/mol. The highest BCUT2D eigenvalue weighted by Crippen LogP contribution is 2.36. The average molecular weight is 310 g/mol. The van der Waals surface area contributed by atoms with Gasteiger partial charge in [0.25, 0.3) is 0 Å². The Morgan fingerprint density at radius 2 is 1.91 bits per heavy atom. The first kappa shape index (κ1) is 15.0. The molecule has 116 valence electrons. The first-order valence-corrected chi connectivity index (χ1v) is 7.26. The van der Waals surface area contributed by atoms with Crippen molar-refractivity contribution >= 4 is 29.1 Å². The lowest BCUT2D eigenvalue weighted by Crippen LogP contribution is -2.46. The molecule has 2 atom stereocenters. The SMILES string of the molecule is C#CCNc1ccc2c(c1)C(=O)C(C1CCC(=O)NC1=O)C2=O. The van der Waals surface area contributed by atoms with Gasteiger partial charge in [0.2, 0.25) is 11.8 Å². The molecule has 1 aromatic carbocycles. The summed E-state index contributed by atoms with van der Waals surface area (Å²) in [6.45, 7) is 0.303. The van der Waals surface area contributed by atoms with E-state index in [2.05, 4.69) is 16.6 Å². The number of Topliss-reactive ketones (excluding diaryl/α,β-unsaturated/α-hetero) is 2. The van der Waals surface area contributed by atoms with Crippen LogP contribution in [-0.2, 0) is 9.59 Å². The highest BCUT2D eigenvalue weighted by Gasteiger charge is 2.47. The van der Waals surface area contributed by atoms with Crippen molar-refractivity contribution in [3.63, 3.8) is 0 Å². The molecule has 6 heteroatoms. The van der Waals surface area contributed by atoms with Gasteiger partial charge < -0.3 is 5.32 Å². The van der Waals surface area contributed by atoms with E-state index in [0.717, 1.165) is 0 Å². The molecular formula is C17H14N2O4. The van der Waals surface area contributed by atoms with Crippen LogP contribution in [-0.4, -0.2) is 29.9 Å². The molecule has 1 aliphatic carbocycles. The largest absolute Gasteiger partial charge is 0.374 e. The molecule has 1 aliphatic heterocycles. The minimum Gasteiger partial charge on any atom is -0.374 e. The Morgan fingerprint density at radius 1 is 1.17 bits per heavy atom. The maximum atomic E-state index is 12.6. The zero-order valence-corrected chi connectivity index (χ0v) is 12.2. The summed E-state index contributed by atoms with van der Waals surface area (Å²) in [5.41, 5.74) is 1.26. The molecule has 0 saturated carbocycles. The molecule has 1 heterocycles. The van der Waals surface area contributed by atoms with Gasteiger partial charge in [-0.15, -0.1) is 6.42 Å². The molecule has 0 aromatic heterocycles. The van der Waals surface area contributed by atoms with Gasteiger partial charge in [0.1, 0.15) is 0 Å². The van der Waals surface area contributed by atoms with Crippen LogP contribution in [0.15, 0.2) is 18.2 Å². The number of hydrogen-bond donors (Lipinski definition) is 2. The topological polar surface area (TPSA) is 92.3 Å². The Morgan fingerprint density at radius 3 is 2.61 bits per heavy atom. The Kier molecular flexibility index (Phi) is 3.70. The molecule has 23 heavy (non-hydrogen) atoms. The van der Waals surface area contributed by atoms with Crippen LogP contribution in [0.1, 0.15) is 33.6 Å². The lowest BCUT2D eigenvalue weighted by atomic mass is 9.82. The molecule has 2 N–H and O–H groups in total. The number of piperidine rings is 1. The molecule has 1 aromatic rings. The fourth-order valence-corrected chi connectivity index (χ4v) is 3.07. The summed E-state index contributed by atoms with van der Waals surface area (Å²) in [6.07, 6.45) is 5.53. The van der Waals surface area contributed by atoms with Crippen LogP contribution in [0.4, 0.5) is 5.69 Å². The first-order valence-electron chi connectivity index (χ1n) is 7.26. The average Bonchev–Trinajstić information content (AvgIpc) is 2.77. The third kappa shape index (κ3) is 2.50. The van der Waals surface area contributed by atoms with E-state index in [-0.39, 0.29) is 30.3 Å². The Hall–Kier alpha value is -2.94. The number of imide groups is 1. The van der Waals surface area contributed by atoms with Gasteiger partial charge in [0, 0.05) is 23.2 Å². The smallest absolute Gasteiger partial charge is 0.230 e. The summed E-state index contributed by atoms with van der Waals surface area (Å²) in [4.78, 5) is 48.3. The number of anilines is 1. The van der Waals surface area contributed by atoms with Gasteiger partial charge in [0.15, 0.2) is 11.6 Å². The van der Waals surface area contributed by atoms with Gasteiger partial charge in [-0.05, 0) is 24.6 Å². The van der Waals surface area contributed by atoms with Crippen molar-refractivity contribution in [2.75, 3.05) is 11.9 Å². The van der Waals surface area contributed by atoms with Gasteiger partial charge in [-0.2, -0.15) is 0 Å². The normalized spacial score (nSPS) is 23.3. The number of carbonyl (C=O) groups excluding carboxylic acids is 4. The highest BCUT2D eigenvalue weighted by atomic mass is 16.2. The van der Waals surface area contributed by atoms with Gasteiger partial charge in [-0.3, -0.25) is 24.5 Å². The molecule has 6 nitrogen and oxygen atoms in total. The fraction of sp³-hybridized carbons (Fsp3) is 0.294. The summed E-state index contributed by atoms with van der Waals surface area (Å²) < 4.78 is 0. The van der Waals surface area contributed by atoms with E-state index in [1.807, 2.05) is 0 Å². The molecule has 0 spiro atoms. The molecule has 3 rings (SSSR count). The number of amides is 2. The standard InChI is InChI=1S/C17H14N2O4/c1-2-7-18-9-3-4-10-12(8-9)16(22)14(15(10)21)11-5-6-13(20)19-17(11)23/h1,3-4,8,11,14,18H,5-7H2,(H,19,20,23). The van der Waals surface area contributed by atoms with E-state index in [4.69, 9.17) is 6.42 Å². The van der Waals surface area contributed by atoms with Crippen LogP contribution in [0.5, 0.6) is 0 Å². The first-order chi connectivity index (χ1) is 11.0. The number of carbonyl (C=O) groups is 4. The number of ketones is 2. The predicted molar refractivity (Wildman–Crippen MR) is 81.8 cm³/mol. The molecule has 2 aliphatic rings. The summed E-state index contributed by atoms with van der Waals surface area (Å²) >= 11 is 0. The Balaban J connectivity index is 1.90. The van der Waals surface area contributed by atoms with Gasteiger partial charge >= 0.3 is 0 Å². The van der Waals surface area contributed by atoms with E-state index in [0.29, 0.717) is 23.4 Å². The van der Waals surface area contributed by atoms with Gasteiger partial charge in [-0.25, -0.2) is 0 Å². The second-order valence-corrected chi connectivity index (χ2v) is 5.58. The number of terminal acetylenes is 1. The van der Waals surface area contributed by atoms with E-state index < -0.39 is 17.7 Å². The maximum absolute atomic E-state index is 12.6. The number of hydrogen-bond acceptors (Lipinski definition) is 5. The fourth-order valence-electron chi connectivity index (χ4n) is 3.07. The quantitative estimate of drug-likeness (QED) is 0.489. The van der Waals surface area contributed by atoms with Crippen LogP contribution in [0.3, 0.4) is 0 Å². The van der Waals surface area contributed by atoms with E-state index in [1.165, 1.54) is 0 Å². The van der Waals surface area contributed by atoms with Gasteiger partial charge in [-0.1, -0.05) is 5.92 Å². The van der Waals surface area contributed by atoms with Crippen molar-refractivity contribution in [1.82, 2.24) is 5.32 Å². The van der Waals surface area contributed by atoms with Crippen LogP contribution in [0.25, 0.3) is 0 Å². The van der Waals surface area contributed by atoms with Crippen molar-refractivity contribution < 1.29 is 19.2 Å². The minimum absolute atomic E-state index is 0.138. The molecule has 0 radical (unpaired) electrons. The predicted octanol–water partition coefficient (Wildman–Crippen LogP) is 0.780. The van der Waals surface area contributed by atoms with Crippen LogP contribution >= 0.6 is 0 Å². The molecule has 2 unspecified atom stereocenters. The Labute approximate surface area is 132 Å². The second kappa shape index (κ2) is 5.69.